The Balaban J connectivity index is 1.64. The first-order valence-corrected chi connectivity index (χ1v) is 9.54. The van der Waals surface area contributed by atoms with E-state index >= 15 is 0 Å². The van der Waals surface area contributed by atoms with Crippen molar-refractivity contribution in [3.8, 4) is 11.3 Å². The third-order valence-corrected chi connectivity index (χ3v) is 4.97. The number of morpholine rings is 1. The van der Waals surface area contributed by atoms with Gasteiger partial charge in [-0.2, -0.15) is 0 Å². The van der Waals surface area contributed by atoms with Crippen molar-refractivity contribution in [1.29, 1.82) is 0 Å². The molecule has 1 aliphatic heterocycles. The van der Waals surface area contributed by atoms with Crippen molar-refractivity contribution in [3.05, 3.63) is 47.7 Å². The molecule has 3 heterocycles. The van der Waals surface area contributed by atoms with Crippen LogP contribution in [-0.4, -0.2) is 59.2 Å². The van der Waals surface area contributed by atoms with Crippen LogP contribution in [0.3, 0.4) is 0 Å². The maximum atomic E-state index is 13.1. The van der Waals surface area contributed by atoms with Crippen LogP contribution in [0.2, 0.25) is 0 Å². The van der Waals surface area contributed by atoms with E-state index in [1.54, 1.807) is 24.8 Å². The number of hydrogen-bond donors (Lipinski definition) is 1. The molecule has 0 spiro atoms. The number of carbonyl (C=O) groups excluding carboxylic acids is 2. The molecule has 2 amide bonds. The van der Waals surface area contributed by atoms with E-state index in [-0.39, 0.29) is 11.8 Å². The Labute approximate surface area is 167 Å². The largest absolute Gasteiger partial charge is 0.378 e. The number of pyridine rings is 1. The van der Waals surface area contributed by atoms with E-state index in [9.17, 15) is 9.59 Å². The van der Waals surface area contributed by atoms with Gasteiger partial charge in [-0.3, -0.25) is 9.59 Å². The average molecular weight is 394 g/mol. The lowest BCUT2D eigenvalue weighted by atomic mass is 10.0. The van der Waals surface area contributed by atoms with Crippen LogP contribution < -0.4 is 5.32 Å². The monoisotopic (exact) mass is 394 g/mol. The normalized spacial score (nSPS) is 15.3. The number of ether oxygens (including phenoxy) is 1. The van der Waals surface area contributed by atoms with Gasteiger partial charge < -0.3 is 19.5 Å². The molecular weight excluding hydrogens is 372 g/mol. The lowest BCUT2D eigenvalue weighted by molar-refractivity contribution is -0.136. The van der Waals surface area contributed by atoms with Crippen LogP contribution in [0, 0.1) is 6.92 Å². The summed E-state index contributed by atoms with van der Waals surface area (Å²) < 4.78 is 10.6. The summed E-state index contributed by atoms with van der Waals surface area (Å²) in [6.07, 6.45) is 0. The number of nitrogens with one attached hydrogen (secondary N) is 1. The molecule has 0 aliphatic carbocycles. The Morgan fingerprint density at radius 3 is 2.62 bits per heavy atom. The predicted octanol–water partition coefficient (Wildman–Crippen LogP) is 2.18. The molecule has 1 saturated heterocycles. The number of nitrogens with zero attached hydrogens (tertiary/aromatic N) is 3. The van der Waals surface area contributed by atoms with Crippen molar-refractivity contribution in [2.24, 2.45) is 0 Å². The molecule has 150 valence electrons. The number of benzene rings is 1. The molecule has 1 fully saturated rings. The van der Waals surface area contributed by atoms with E-state index in [2.05, 4.69) is 15.5 Å². The molecule has 4 rings (SSSR count). The molecule has 0 radical (unpaired) electrons. The summed E-state index contributed by atoms with van der Waals surface area (Å²) >= 11 is 0. The zero-order valence-electron chi connectivity index (χ0n) is 16.3. The topological polar surface area (TPSA) is 97.6 Å². The smallest absolute Gasteiger partial charge is 0.259 e. The zero-order valence-corrected chi connectivity index (χ0v) is 16.3. The van der Waals surface area contributed by atoms with Crippen LogP contribution in [0.1, 0.15) is 23.0 Å². The second-order valence-corrected chi connectivity index (χ2v) is 7.00. The van der Waals surface area contributed by atoms with E-state index in [0.717, 1.165) is 5.56 Å². The summed E-state index contributed by atoms with van der Waals surface area (Å²) in [5.74, 6) is -0.493. The Kier molecular flexibility index (Phi) is 5.26. The van der Waals surface area contributed by atoms with E-state index in [4.69, 9.17) is 9.26 Å². The molecular formula is C21H22N4O4. The van der Waals surface area contributed by atoms with Crippen LogP contribution in [0.15, 0.2) is 40.9 Å². The first kappa shape index (κ1) is 19.1. The van der Waals surface area contributed by atoms with Crippen LogP contribution in [0.4, 0.5) is 0 Å². The molecule has 2 aromatic heterocycles. The van der Waals surface area contributed by atoms with Gasteiger partial charge in [-0.05, 0) is 19.9 Å². The van der Waals surface area contributed by atoms with Crippen molar-refractivity contribution in [2.75, 3.05) is 26.3 Å². The molecule has 1 N–H and O–H groups in total. The van der Waals surface area contributed by atoms with Crippen molar-refractivity contribution < 1.29 is 18.8 Å². The molecule has 1 atom stereocenters. The summed E-state index contributed by atoms with van der Waals surface area (Å²) in [4.78, 5) is 31.9. The lowest BCUT2D eigenvalue weighted by Gasteiger charge is -2.29. The highest BCUT2D eigenvalue weighted by atomic mass is 16.5. The van der Waals surface area contributed by atoms with Gasteiger partial charge >= 0.3 is 0 Å². The van der Waals surface area contributed by atoms with Crippen molar-refractivity contribution in [2.45, 2.75) is 19.9 Å². The number of aromatic nitrogens is 2. The quantitative estimate of drug-likeness (QED) is 0.728. The van der Waals surface area contributed by atoms with Crippen LogP contribution in [0.5, 0.6) is 0 Å². The van der Waals surface area contributed by atoms with Gasteiger partial charge in [0.25, 0.3) is 11.6 Å². The maximum Gasteiger partial charge on any atom is 0.259 e. The van der Waals surface area contributed by atoms with Gasteiger partial charge in [-0.1, -0.05) is 35.5 Å². The number of carbonyl (C=O) groups is 2. The number of hydrogen-bond acceptors (Lipinski definition) is 6. The van der Waals surface area contributed by atoms with Gasteiger partial charge in [0.15, 0.2) is 0 Å². The fourth-order valence-corrected chi connectivity index (χ4v) is 3.42. The summed E-state index contributed by atoms with van der Waals surface area (Å²) in [5.41, 5.74) is 2.71. The van der Waals surface area contributed by atoms with Gasteiger partial charge in [0.05, 0.1) is 35.6 Å². The minimum atomic E-state index is -0.663. The second kappa shape index (κ2) is 8.00. The average Bonchev–Trinajstić information content (AvgIpc) is 3.14. The summed E-state index contributed by atoms with van der Waals surface area (Å²) in [5, 5.41) is 7.32. The predicted molar refractivity (Wildman–Crippen MR) is 106 cm³/mol. The van der Waals surface area contributed by atoms with Crippen LogP contribution in [-0.2, 0) is 9.53 Å². The van der Waals surface area contributed by atoms with Crippen LogP contribution >= 0.6 is 0 Å². The highest BCUT2D eigenvalue weighted by Gasteiger charge is 2.26. The fraction of sp³-hybridized carbons (Fsp3) is 0.333. The molecule has 1 aliphatic rings. The third-order valence-electron chi connectivity index (χ3n) is 4.97. The highest BCUT2D eigenvalue weighted by Crippen LogP contribution is 2.27. The van der Waals surface area contributed by atoms with Crippen molar-refractivity contribution >= 4 is 22.9 Å². The minimum absolute atomic E-state index is 0.128. The van der Waals surface area contributed by atoms with Gasteiger partial charge in [0.1, 0.15) is 6.04 Å². The number of rotatable bonds is 4. The molecule has 8 heteroatoms. The molecule has 3 aromatic rings. The number of amides is 2. The van der Waals surface area contributed by atoms with E-state index in [0.29, 0.717) is 54.4 Å². The van der Waals surface area contributed by atoms with Crippen molar-refractivity contribution in [3.63, 3.8) is 0 Å². The van der Waals surface area contributed by atoms with E-state index in [1.807, 2.05) is 30.3 Å². The van der Waals surface area contributed by atoms with Gasteiger partial charge in [0.2, 0.25) is 5.91 Å². The van der Waals surface area contributed by atoms with E-state index < -0.39 is 6.04 Å². The third kappa shape index (κ3) is 3.84. The number of fused-ring (bicyclic) bond motifs is 1. The molecule has 1 aromatic carbocycles. The molecule has 29 heavy (non-hydrogen) atoms. The summed E-state index contributed by atoms with van der Waals surface area (Å²) in [7, 11) is 0. The zero-order chi connectivity index (χ0) is 20.4. The summed E-state index contributed by atoms with van der Waals surface area (Å²) in [6.45, 7) is 5.53. The molecule has 1 unspecified atom stereocenters. The molecule has 8 nitrogen and oxygen atoms in total. The Morgan fingerprint density at radius 1 is 1.17 bits per heavy atom. The van der Waals surface area contributed by atoms with Crippen molar-refractivity contribution in [1.82, 2.24) is 20.4 Å². The summed E-state index contributed by atoms with van der Waals surface area (Å²) in [6, 6.07) is 10.6. The molecule has 0 bridgehead atoms. The van der Waals surface area contributed by atoms with Gasteiger partial charge in [0, 0.05) is 18.7 Å². The first-order valence-electron chi connectivity index (χ1n) is 9.54. The second-order valence-electron chi connectivity index (χ2n) is 7.00. The SMILES string of the molecule is Cc1noc2nc(-c3ccccc3)cc(C(=O)NC(C)C(=O)N3CCOCC3)c12. The highest BCUT2D eigenvalue weighted by molar-refractivity contribution is 6.08. The van der Waals surface area contributed by atoms with E-state index in [1.165, 1.54) is 0 Å². The first-order chi connectivity index (χ1) is 14.0. The maximum absolute atomic E-state index is 13.1. The van der Waals surface area contributed by atoms with Crippen LogP contribution in [0.25, 0.3) is 22.4 Å². The minimum Gasteiger partial charge on any atom is -0.378 e. The Bertz CT molecular complexity index is 1040. The lowest BCUT2D eigenvalue weighted by Crippen LogP contribution is -2.50. The Morgan fingerprint density at radius 2 is 1.90 bits per heavy atom. The number of aryl methyl sites for hydroxylation is 1. The van der Waals surface area contributed by atoms with Gasteiger partial charge in [-0.25, -0.2) is 4.98 Å². The fourth-order valence-electron chi connectivity index (χ4n) is 3.42. The Hall–Kier alpha value is -3.26. The van der Waals surface area contributed by atoms with Gasteiger partial charge in [-0.15, -0.1) is 0 Å². The molecule has 0 saturated carbocycles. The standard InChI is InChI=1S/C21H22N4O4/c1-13-18-16(19(26)22-14(2)21(27)25-8-10-28-11-9-25)12-17(23-20(18)29-24-13)15-6-4-3-5-7-15/h3-7,12,14H,8-11H2,1-2H3,(H,22,26).